The Hall–Kier alpha value is -3.52. The maximum atomic E-state index is 12.7. The third kappa shape index (κ3) is 4.70. The monoisotopic (exact) mass is 436 g/mol. The van der Waals surface area contributed by atoms with Gasteiger partial charge in [-0.3, -0.25) is 4.90 Å². The Morgan fingerprint density at radius 3 is 2.31 bits per heavy atom. The summed E-state index contributed by atoms with van der Waals surface area (Å²) in [6, 6.07) is 16.7. The molecule has 0 saturated carbocycles. The summed E-state index contributed by atoms with van der Waals surface area (Å²) in [6.07, 6.45) is 0. The van der Waals surface area contributed by atoms with Crippen LogP contribution >= 0.6 is 0 Å². The van der Waals surface area contributed by atoms with Crippen LogP contribution < -0.4 is 20.3 Å². The van der Waals surface area contributed by atoms with Crippen LogP contribution in [0.15, 0.2) is 65.9 Å². The molecule has 0 aliphatic carbocycles. The molecule has 2 aliphatic rings. The molecule has 1 saturated heterocycles. The molecular weight excluding hydrogens is 408 g/mol. The Morgan fingerprint density at radius 1 is 1.00 bits per heavy atom. The topological polar surface area (TPSA) is 83.1 Å². The van der Waals surface area contributed by atoms with Gasteiger partial charge in [0.05, 0.1) is 25.8 Å². The van der Waals surface area contributed by atoms with Crippen LogP contribution in [-0.4, -0.2) is 63.8 Å². The molecule has 0 radical (unpaired) electrons. The van der Waals surface area contributed by atoms with E-state index >= 15 is 0 Å². The predicted molar refractivity (Wildman–Crippen MR) is 122 cm³/mol. The first kappa shape index (κ1) is 21.7. The molecule has 2 aromatic carbocycles. The number of amides is 2. The number of hydrogen-bond acceptors (Lipinski definition) is 6. The van der Waals surface area contributed by atoms with Gasteiger partial charge >= 0.3 is 12.0 Å². The lowest BCUT2D eigenvalue weighted by atomic mass is 9.95. The molecule has 8 nitrogen and oxygen atoms in total. The minimum Gasteiger partial charge on any atom is -0.497 e. The number of esters is 1. The lowest BCUT2D eigenvalue weighted by molar-refractivity contribution is -0.136. The van der Waals surface area contributed by atoms with E-state index in [0.29, 0.717) is 23.6 Å². The minimum absolute atomic E-state index is 0.337. The zero-order valence-corrected chi connectivity index (χ0v) is 18.3. The van der Waals surface area contributed by atoms with Gasteiger partial charge in [0.1, 0.15) is 5.75 Å². The average Bonchev–Trinajstić information content (AvgIpc) is 2.84. The maximum Gasteiger partial charge on any atom is 0.338 e. The standard InChI is InChI=1S/C24H28N4O4/c1-31-19-10-8-17(9-11-19)22-21(23(29)32-2)20(25-24(30)26-22)16-27-12-14-28(15-13-27)18-6-4-3-5-7-18/h3-11,22H,12-16H2,1-2H3,(H2,25,26,30)/t22-/m1/s1. The number of anilines is 1. The second-order valence-electron chi connectivity index (χ2n) is 7.79. The predicted octanol–water partition coefficient (Wildman–Crippen LogP) is 2.30. The van der Waals surface area contributed by atoms with Crippen molar-refractivity contribution < 1.29 is 19.1 Å². The van der Waals surface area contributed by atoms with Crippen LogP contribution in [0.2, 0.25) is 0 Å². The summed E-state index contributed by atoms with van der Waals surface area (Å²) in [5.41, 5.74) is 2.99. The molecule has 0 aromatic heterocycles. The lowest BCUT2D eigenvalue weighted by Gasteiger charge is -2.38. The smallest absolute Gasteiger partial charge is 0.338 e. The van der Waals surface area contributed by atoms with Gasteiger partial charge < -0.3 is 25.0 Å². The molecule has 1 atom stereocenters. The summed E-state index contributed by atoms with van der Waals surface area (Å²) >= 11 is 0. The summed E-state index contributed by atoms with van der Waals surface area (Å²) in [5.74, 6) is 0.241. The Bertz CT molecular complexity index is 983. The molecular formula is C24H28N4O4. The van der Waals surface area contributed by atoms with E-state index in [9.17, 15) is 9.59 Å². The Kier molecular flexibility index (Phi) is 6.61. The Balaban J connectivity index is 1.54. The molecule has 2 amide bonds. The highest BCUT2D eigenvalue weighted by Gasteiger charge is 2.34. The SMILES string of the molecule is COC(=O)C1=C(CN2CCN(c3ccccc3)CC2)NC(=O)N[C@@H]1c1ccc(OC)cc1. The third-order valence-corrected chi connectivity index (χ3v) is 5.88. The molecule has 0 spiro atoms. The number of para-hydroxylation sites is 1. The largest absolute Gasteiger partial charge is 0.497 e. The first-order valence-corrected chi connectivity index (χ1v) is 10.6. The summed E-state index contributed by atoms with van der Waals surface area (Å²) in [6.45, 7) is 3.86. The van der Waals surface area contributed by atoms with E-state index in [1.54, 1.807) is 19.2 Å². The molecule has 1 fully saturated rings. The Morgan fingerprint density at radius 2 is 1.69 bits per heavy atom. The van der Waals surface area contributed by atoms with Gasteiger partial charge in [0.25, 0.3) is 0 Å². The van der Waals surface area contributed by atoms with E-state index in [1.165, 1.54) is 12.8 Å². The van der Waals surface area contributed by atoms with Crippen molar-refractivity contribution in [2.75, 3.05) is 51.8 Å². The summed E-state index contributed by atoms with van der Waals surface area (Å²) in [7, 11) is 2.95. The van der Waals surface area contributed by atoms with Crippen molar-refractivity contribution in [1.29, 1.82) is 0 Å². The van der Waals surface area contributed by atoms with Gasteiger partial charge in [0.15, 0.2) is 0 Å². The fraction of sp³-hybridized carbons (Fsp3) is 0.333. The molecule has 2 aliphatic heterocycles. The third-order valence-electron chi connectivity index (χ3n) is 5.88. The number of carbonyl (C=O) groups is 2. The highest BCUT2D eigenvalue weighted by molar-refractivity contribution is 5.95. The molecule has 168 valence electrons. The average molecular weight is 437 g/mol. The number of ether oxygens (including phenoxy) is 2. The first-order valence-electron chi connectivity index (χ1n) is 10.6. The number of nitrogens with zero attached hydrogens (tertiary/aromatic N) is 2. The van der Waals surface area contributed by atoms with Crippen molar-refractivity contribution in [1.82, 2.24) is 15.5 Å². The summed E-state index contributed by atoms with van der Waals surface area (Å²) in [5, 5.41) is 5.70. The zero-order valence-electron chi connectivity index (χ0n) is 18.3. The zero-order chi connectivity index (χ0) is 22.5. The summed E-state index contributed by atoms with van der Waals surface area (Å²) < 4.78 is 10.3. The highest BCUT2D eigenvalue weighted by Crippen LogP contribution is 2.29. The number of rotatable bonds is 6. The van der Waals surface area contributed by atoms with E-state index < -0.39 is 12.0 Å². The van der Waals surface area contributed by atoms with Crippen LogP contribution in [0.4, 0.5) is 10.5 Å². The molecule has 0 bridgehead atoms. The van der Waals surface area contributed by atoms with Crippen LogP contribution in [0.3, 0.4) is 0 Å². The molecule has 0 unspecified atom stereocenters. The van der Waals surface area contributed by atoms with E-state index in [-0.39, 0.29) is 6.03 Å². The number of piperazine rings is 1. The van der Waals surface area contributed by atoms with Crippen molar-refractivity contribution in [2.24, 2.45) is 0 Å². The van der Waals surface area contributed by atoms with Crippen LogP contribution in [-0.2, 0) is 9.53 Å². The van der Waals surface area contributed by atoms with Gasteiger partial charge in [0.2, 0.25) is 0 Å². The molecule has 32 heavy (non-hydrogen) atoms. The number of methoxy groups -OCH3 is 2. The van der Waals surface area contributed by atoms with Gasteiger partial charge in [-0.1, -0.05) is 30.3 Å². The number of urea groups is 1. The van der Waals surface area contributed by atoms with E-state index in [1.807, 2.05) is 30.3 Å². The molecule has 4 rings (SSSR count). The lowest BCUT2D eigenvalue weighted by Crippen LogP contribution is -2.51. The molecule has 2 heterocycles. The van der Waals surface area contributed by atoms with Gasteiger partial charge in [-0.25, -0.2) is 9.59 Å². The van der Waals surface area contributed by atoms with Crippen LogP contribution in [0.1, 0.15) is 11.6 Å². The Labute approximate surface area is 187 Å². The van der Waals surface area contributed by atoms with Gasteiger partial charge in [0, 0.05) is 44.1 Å². The van der Waals surface area contributed by atoms with Gasteiger partial charge in [-0.05, 0) is 29.8 Å². The number of benzene rings is 2. The molecule has 8 heteroatoms. The molecule has 2 aromatic rings. The summed E-state index contributed by atoms with van der Waals surface area (Å²) in [4.78, 5) is 29.8. The number of nitrogens with one attached hydrogen (secondary N) is 2. The van der Waals surface area contributed by atoms with Crippen LogP contribution in [0.25, 0.3) is 0 Å². The van der Waals surface area contributed by atoms with Gasteiger partial charge in [-0.15, -0.1) is 0 Å². The number of hydrogen-bond donors (Lipinski definition) is 2. The quantitative estimate of drug-likeness (QED) is 0.677. The normalized spacial score (nSPS) is 19.2. The maximum absolute atomic E-state index is 12.7. The fourth-order valence-corrected chi connectivity index (χ4v) is 4.17. The van der Waals surface area contributed by atoms with Crippen molar-refractivity contribution in [3.63, 3.8) is 0 Å². The van der Waals surface area contributed by atoms with E-state index in [2.05, 4.69) is 32.6 Å². The van der Waals surface area contributed by atoms with Crippen molar-refractivity contribution in [3.05, 3.63) is 71.4 Å². The minimum atomic E-state index is -0.595. The van der Waals surface area contributed by atoms with Gasteiger partial charge in [-0.2, -0.15) is 0 Å². The molecule has 2 N–H and O–H groups in total. The highest BCUT2D eigenvalue weighted by atomic mass is 16.5. The first-order chi connectivity index (χ1) is 15.6. The second-order valence-corrected chi connectivity index (χ2v) is 7.79. The van der Waals surface area contributed by atoms with E-state index in [4.69, 9.17) is 9.47 Å². The van der Waals surface area contributed by atoms with Crippen molar-refractivity contribution in [3.8, 4) is 5.75 Å². The van der Waals surface area contributed by atoms with Crippen molar-refractivity contribution in [2.45, 2.75) is 6.04 Å². The number of carbonyl (C=O) groups excluding carboxylic acids is 2. The van der Waals surface area contributed by atoms with Crippen LogP contribution in [0.5, 0.6) is 5.75 Å². The fourth-order valence-electron chi connectivity index (χ4n) is 4.17. The second kappa shape index (κ2) is 9.74. The van der Waals surface area contributed by atoms with E-state index in [0.717, 1.165) is 31.7 Å². The van der Waals surface area contributed by atoms with Crippen LogP contribution in [0, 0.1) is 0 Å². The van der Waals surface area contributed by atoms with Crippen molar-refractivity contribution >= 4 is 17.7 Å².